The predicted octanol–water partition coefficient (Wildman–Crippen LogP) is 3.29. The van der Waals surface area contributed by atoms with E-state index in [1.165, 1.54) is 12.1 Å². The highest BCUT2D eigenvalue weighted by Gasteiger charge is 2.51. The van der Waals surface area contributed by atoms with Crippen LogP contribution in [0.3, 0.4) is 0 Å². The first-order valence-corrected chi connectivity index (χ1v) is 8.82. The Hall–Kier alpha value is -2.58. The highest BCUT2D eigenvalue weighted by molar-refractivity contribution is 6.10. The lowest BCUT2D eigenvalue weighted by Crippen LogP contribution is -2.47. The SMILES string of the molecule is O=C(CN1C(=O)NC2(CCCCCC2)C1=O)Nc1cccc(C(F)(F)F)c1. The molecule has 2 N–H and O–H groups in total. The van der Waals surface area contributed by atoms with Gasteiger partial charge in [-0.3, -0.25) is 14.5 Å². The van der Waals surface area contributed by atoms with Crippen molar-refractivity contribution in [3.8, 4) is 0 Å². The second-order valence-corrected chi connectivity index (χ2v) is 6.94. The zero-order valence-electron chi connectivity index (χ0n) is 14.6. The van der Waals surface area contributed by atoms with Gasteiger partial charge in [0.15, 0.2) is 0 Å². The van der Waals surface area contributed by atoms with Crippen molar-refractivity contribution in [2.75, 3.05) is 11.9 Å². The molecule has 0 unspecified atom stereocenters. The Morgan fingerprint density at radius 3 is 2.44 bits per heavy atom. The van der Waals surface area contributed by atoms with Gasteiger partial charge in [0, 0.05) is 5.69 Å². The maximum atomic E-state index is 12.8. The quantitative estimate of drug-likeness (QED) is 0.787. The van der Waals surface area contributed by atoms with E-state index < -0.39 is 41.7 Å². The zero-order chi connectivity index (χ0) is 19.7. The molecule has 0 radical (unpaired) electrons. The van der Waals surface area contributed by atoms with Crippen molar-refractivity contribution in [3.05, 3.63) is 29.8 Å². The number of anilines is 1. The number of benzene rings is 1. The second kappa shape index (κ2) is 7.21. The van der Waals surface area contributed by atoms with Gasteiger partial charge in [-0.1, -0.05) is 31.7 Å². The molecule has 3 rings (SSSR count). The van der Waals surface area contributed by atoms with Crippen molar-refractivity contribution in [1.29, 1.82) is 0 Å². The van der Waals surface area contributed by atoms with Crippen LogP contribution >= 0.6 is 0 Å². The molecule has 4 amide bonds. The molecule has 0 bridgehead atoms. The monoisotopic (exact) mass is 383 g/mol. The van der Waals surface area contributed by atoms with Crippen molar-refractivity contribution in [1.82, 2.24) is 10.2 Å². The van der Waals surface area contributed by atoms with Crippen molar-refractivity contribution >= 4 is 23.5 Å². The summed E-state index contributed by atoms with van der Waals surface area (Å²) in [7, 11) is 0. The van der Waals surface area contributed by atoms with Crippen molar-refractivity contribution in [3.63, 3.8) is 0 Å². The number of nitrogens with one attached hydrogen (secondary N) is 2. The van der Waals surface area contributed by atoms with Crippen LogP contribution in [0.1, 0.15) is 44.1 Å². The summed E-state index contributed by atoms with van der Waals surface area (Å²) in [6.45, 7) is -0.539. The van der Waals surface area contributed by atoms with Gasteiger partial charge in [-0.05, 0) is 31.0 Å². The molecule has 1 heterocycles. The molecular weight excluding hydrogens is 363 g/mol. The molecule has 27 heavy (non-hydrogen) atoms. The number of carbonyl (C=O) groups excluding carboxylic acids is 3. The molecule has 1 saturated heterocycles. The van der Waals surface area contributed by atoms with Gasteiger partial charge in [0.25, 0.3) is 5.91 Å². The van der Waals surface area contributed by atoms with Crippen LogP contribution in [0, 0.1) is 0 Å². The number of urea groups is 1. The number of hydrogen-bond donors (Lipinski definition) is 2. The molecule has 1 aromatic rings. The van der Waals surface area contributed by atoms with E-state index in [4.69, 9.17) is 0 Å². The molecule has 1 saturated carbocycles. The number of halogens is 3. The van der Waals surface area contributed by atoms with E-state index in [0.717, 1.165) is 42.7 Å². The van der Waals surface area contributed by atoms with Crippen LogP contribution in [0.15, 0.2) is 24.3 Å². The topological polar surface area (TPSA) is 78.5 Å². The molecule has 1 aromatic carbocycles. The van der Waals surface area contributed by atoms with E-state index >= 15 is 0 Å². The molecule has 6 nitrogen and oxygen atoms in total. The first-order chi connectivity index (χ1) is 12.7. The molecule has 0 atom stereocenters. The maximum absolute atomic E-state index is 12.8. The Balaban J connectivity index is 1.67. The van der Waals surface area contributed by atoms with Gasteiger partial charge in [-0.15, -0.1) is 0 Å². The Labute approximate surface area is 154 Å². The van der Waals surface area contributed by atoms with E-state index in [1.807, 2.05) is 0 Å². The van der Waals surface area contributed by atoms with Gasteiger partial charge in [-0.25, -0.2) is 4.79 Å². The number of alkyl halides is 3. The molecule has 0 aromatic heterocycles. The molecule has 146 valence electrons. The summed E-state index contributed by atoms with van der Waals surface area (Å²) in [5.41, 5.74) is -1.90. The number of amides is 4. The third kappa shape index (κ3) is 4.06. The fourth-order valence-electron chi connectivity index (χ4n) is 3.61. The fourth-order valence-corrected chi connectivity index (χ4v) is 3.61. The third-order valence-corrected chi connectivity index (χ3v) is 4.98. The van der Waals surface area contributed by atoms with Gasteiger partial charge < -0.3 is 10.6 Å². The maximum Gasteiger partial charge on any atom is 0.416 e. The standard InChI is InChI=1S/C18H20F3N3O3/c19-18(20,21)12-6-5-7-13(10-12)22-14(25)11-24-15(26)17(23-16(24)27)8-3-1-2-4-9-17/h5-7,10H,1-4,8-9,11H2,(H,22,25)(H,23,27). The lowest BCUT2D eigenvalue weighted by molar-refractivity contribution is -0.137. The van der Waals surface area contributed by atoms with Crippen molar-refractivity contribution < 1.29 is 27.6 Å². The molecule has 2 aliphatic rings. The molecule has 1 spiro atoms. The smallest absolute Gasteiger partial charge is 0.325 e. The molecule has 1 aliphatic carbocycles. The molecule has 9 heteroatoms. The Kier molecular flexibility index (Phi) is 5.12. The van der Waals surface area contributed by atoms with Gasteiger partial charge in [0.1, 0.15) is 12.1 Å². The van der Waals surface area contributed by atoms with Crippen LogP contribution in [-0.2, 0) is 15.8 Å². The largest absolute Gasteiger partial charge is 0.416 e. The number of hydrogen-bond acceptors (Lipinski definition) is 3. The number of imide groups is 1. The lowest BCUT2D eigenvalue weighted by Gasteiger charge is -2.24. The summed E-state index contributed by atoms with van der Waals surface area (Å²) in [5, 5.41) is 5.03. The summed E-state index contributed by atoms with van der Waals surface area (Å²) in [5.74, 6) is -1.17. The second-order valence-electron chi connectivity index (χ2n) is 6.94. The zero-order valence-corrected chi connectivity index (χ0v) is 14.6. The van der Waals surface area contributed by atoms with Gasteiger partial charge in [0.2, 0.25) is 5.91 Å². The predicted molar refractivity (Wildman–Crippen MR) is 90.8 cm³/mol. The van der Waals surface area contributed by atoms with Crippen LogP contribution in [0.2, 0.25) is 0 Å². The summed E-state index contributed by atoms with van der Waals surface area (Å²) in [6.07, 6.45) is 0.137. The summed E-state index contributed by atoms with van der Waals surface area (Å²) >= 11 is 0. The molecule has 1 aliphatic heterocycles. The Morgan fingerprint density at radius 2 is 1.81 bits per heavy atom. The van der Waals surface area contributed by atoms with Crippen LogP contribution in [0.4, 0.5) is 23.7 Å². The van der Waals surface area contributed by atoms with Gasteiger partial charge in [-0.2, -0.15) is 13.2 Å². The molecular formula is C18H20F3N3O3. The summed E-state index contributed by atoms with van der Waals surface area (Å²) in [4.78, 5) is 38.0. The number of carbonyl (C=O) groups is 3. The van der Waals surface area contributed by atoms with E-state index in [1.54, 1.807) is 0 Å². The first-order valence-electron chi connectivity index (χ1n) is 8.82. The highest BCUT2D eigenvalue weighted by atomic mass is 19.4. The van der Waals surface area contributed by atoms with Crippen LogP contribution in [-0.4, -0.2) is 34.8 Å². The normalized spacial score (nSPS) is 19.7. The van der Waals surface area contributed by atoms with E-state index in [-0.39, 0.29) is 5.69 Å². The molecule has 2 fully saturated rings. The van der Waals surface area contributed by atoms with E-state index in [9.17, 15) is 27.6 Å². The lowest BCUT2D eigenvalue weighted by atomic mass is 9.90. The Morgan fingerprint density at radius 1 is 1.15 bits per heavy atom. The van der Waals surface area contributed by atoms with Crippen LogP contribution < -0.4 is 10.6 Å². The van der Waals surface area contributed by atoms with Crippen molar-refractivity contribution in [2.45, 2.75) is 50.2 Å². The first kappa shape index (κ1) is 19.2. The Bertz CT molecular complexity index is 756. The number of nitrogens with zero attached hydrogens (tertiary/aromatic N) is 1. The van der Waals surface area contributed by atoms with E-state index in [0.29, 0.717) is 12.8 Å². The average molecular weight is 383 g/mol. The summed E-state index contributed by atoms with van der Waals surface area (Å²) in [6, 6.07) is 3.54. The van der Waals surface area contributed by atoms with Crippen LogP contribution in [0.25, 0.3) is 0 Å². The minimum Gasteiger partial charge on any atom is -0.325 e. The average Bonchev–Trinajstić information content (AvgIpc) is 2.77. The minimum absolute atomic E-state index is 0.0499. The highest BCUT2D eigenvalue weighted by Crippen LogP contribution is 2.33. The van der Waals surface area contributed by atoms with Crippen LogP contribution in [0.5, 0.6) is 0 Å². The summed E-state index contributed by atoms with van der Waals surface area (Å²) < 4.78 is 38.3. The van der Waals surface area contributed by atoms with E-state index in [2.05, 4.69) is 10.6 Å². The third-order valence-electron chi connectivity index (χ3n) is 4.98. The van der Waals surface area contributed by atoms with Gasteiger partial charge >= 0.3 is 12.2 Å². The van der Waals surface area contributed by atoms with Gasteiger partial charge in [0.05, 0.1) is 5.56 Å². The number of rotatable bonds is 3. The minimum atomic E-state index is -4.53. The fraction of sp³-hybridized carbons (Fsp3) is 0.500. The van der Waals surface area contributed by atoms with Crippen molar-refractivity contribution in [2.24, 2.45) is 0 Å².